The fourth-order valence-electron chi connectivity index (χ4n) is 4.56. The van der Waals surface area contributed by atoms with Crippen LogP contribution in [0.4, 0.5) is 0 Å². The van der Waals surface area contributed by atoms with Gasteiger partial charge in [0.25, 0.3) is 0 Å². The second-order valence-electron chi connectivity index (χ2n) is 8.32. The summed E-state index contributed by atoms with van der Waals surface area (Å²) in [6.07, 6.45) is 8.24. The van der Waals surface area contributed by atoms with Crippen molar-refractivity contribution in [2.45, 2.75) is 39.3 Å². The van der Waals surface area contributed by atoms with Crippen molar-refractivity contribution in [1.29, 1.82) is 0 Å². The van der Waals surface area contributed by atoms with Crippen LogP contribution in [0.2, 0.25) is 0 Å². The van der Waals surface area contributed by atoms with Crippen LogP contribution in [0.15, 0.2) is 48.0 Å². The summed E-state index contributed by atoms with van der Waals surface area (Å²) in [6, 6.07) is 9.28. The Kier molecular flexibility index (Phi) is 6.49. The molecule has 1 aromatic heterocycles. The molecule has 1 aromatic carbocycles. The van der Waals surface area contributed by atoms with Gasteiger partial charge in [0.1, 0.15) is 0 Å². The third-order valence-electron chi connectivity index (χ3n) is 6.35. The molecule has 6 nitrogen and oxygen atoms in total. The van der Waals surface area contributed by atoms with Gasteiger partial charge in [0, 0.05) is 51.7 Å². The van der Waals surface area contributed by atoms with E-state index < -0.39 is 0 Å². The molecule has 0 radical (unpaired) electrons. The van der Waals surface area contributed by atoms with Crippen molar-refractivity contribution < 1.29 is 0 Å². The molecule has 156 valence electrons. The first-order valence-electron chi connectivity index (χ1n) is 11.0. The Bertz CT molecular complexity index is 799. The summed E-state index contributed by atoms with van der Waals surface area (Å²) in [5, 5.41) is 3.52. The van der Waals surface area contributed by atoms with E-state index in [2.05, 4.69) is 69.0 Å². The third kappa shape index (κ3) is 4.81. The molecule has 0 amide bonds. The van der Waals surface area contributed by atoms with Crippen LogP contribution in [0.1, 0.15) is 37.4 Å². The number of likely N-dealkylation sites (tertiary alicyclic amines) is 1. The molecule has 2 aliphatic rings. The predicted molar refractivity (Wildman–Crippen MR) is 118 cm³/mol. The lowest BCUT2D eigenvalue weighted by atomic mass is 9.93. The number of guanidine groups is 1. The lowest BCUT2D eigenvalue weighted by Crippen LogP contribution is -2.49. The second kappa shape index (κ2) is 9.44. The molecular weight excluding hydrogens is 360 g/mol. The van der Waals surface area contributed by atoms with Gasteiger partial charge in [-0.15, -0.1) is 0 Å². The van der Waals surface area contributed by atoms with Gasteiger partial charge in [0.15, 0.2) is 5.96 Å². The van der Waals surface area contributed by atoms with Gasteiger partial charge in [0.05, 0.1) is 18.9 Å². The molecule has 2 aromatic rings. The number of nitrogens with zero attached hydrogens (tertiary/aromatic N) is 5. The van der Waals surface area contributed by atoms with E-state index in [1.165, 1.54) is 17.5 Å². The number of hydrogen-bond donors (Lipinski definition) is 1. The van der Waals surface area contributed by atoms with Crippen LogP contribution in [-0.4, -0.2) is 64.6 Å². The van der Waals surface area contributed by atoms with Gasteiger partial charge >= 0.3 is 0 Å². The zero-order chi connectivity index (χ0) is 20.1. The second-order valence-corrected chi connectivity index (χ2v) is 8.32. The summed E-state index contributed by atoms with van der Waals surface area (Å²) in [4.78, 5) is 14.2. The Morgan fingerprint density at radius 3 is 2.90 bits per heavy atom. The molecule has 4 rings (SSSR count). The highest BCUT2D eigenvalue weighted by atomic mass is 15.3. The van der Waals surface area contributed by atoms with Crippen LogP contribution in [0.5, 0.6) is 0 Å². The smallest absolute Gasteiger partial charge is 0.194 e. The fraction of sp³-hybridized carbons (Fsp3) is 0.565. The molecule has 3 heterocycles. The molecule has 2 unspecified atom stereocenters. The number of nitrogens with one attached hydrogen (secondary N) is 1. The quantitative estimate of drug-likeness (QED) is 0.626. The van der Waals surface area contributed by atoms with E-state index in [0.717, 1.165) is 58.2 Å². The van der Waals surface area contributed by atoms with E-state index in [-0.39, 0.29) is 0 Å². The summed E-state index contributed by atoms with van der Waals surface area (Å²) >= 11 is 0. The van der Waals surface area contributed by atoms with Crippen molar-refractivity contribution in [1.82, 2.24) is 24.7 Å². The van der Waals surface area contributed by atoms with Gasteiger partial charge in [-0.05, 0) is 36.8 Å². The molecule has 0 aliphatic carbocycles. The maximum absolute atomic E-state index is 4.99. The lowest BCUT2D eigenvalue weighted by molar-refractivity contribution is 0.188. The van der Waals surface area contributed by atoms with Crippen molar-refractivity contribution in [3.63, 3.8) is 0 Å². The van der Waals surface area contributed by atoms with Crippen LogP contribution in [0, 0.1) is 5.92 Å². The van der Waals surface area contributed by atoms with Gasteiger partial charge in [0.2, 0.25) is 0 Å². The zero-order valence-corrected chi connectivity index (χ0v) is 17.8. The number of piperidine rings is 1. The van der Waals surface area contributed by atoms with E-state index in [1.54, 1.807) is 0 Å². The van der Waals surface area contributed by atoms with E-state index in [0.29, 0.717) is 12.0 Å². The standard InChI is InChI=1S/C23H34N6/c1-3-25-23(28-13-8-19(2)22(17-28)29-15-10-24-18-29)26-11-14-27-12-9-20-6-4-5-7-21(20)16-27/h4-7,10,15,18-19,22H,3,8-9,11-14,16-17H2,1-2H3,(H,25,26). The number of fused-ring (bicyclic) bond motifs is 1. The normalized spacial score (nSPS) is 23.1. The summed E-state index contributed by atoms with van der Waals surface area (Å²) in [7, 11) is 0. The molecule has 2 aliphatic heterocycles. The van der Waals surface area contributed by atoms with Gasteiger partial charge in [-0.1, -0.05) is 31.2 Å². The highest BCUT2D eigenvalue weighted by Crippen LogP contribution is 2.27. The highest BCUT2D eigenvalue weighted by molar-refractivity contribution is 5.80. The molecule has 6 heteroatoms. The maximum atomic E-state index is 4.99. The predicted octanol–water partition coefficient (Wildman–Crippen LogP) is 2.79. The Hall–Kier alpha value is -2.34. The van der Waals surface area contributed by atoms with Gasteiger partial charge in [-0.2, -0.15) is 0 Å². The zero-order valence-electron chi connectivity index (χ0n) is 17.8. The molecule has 29 heavy (non-hydrogen) atoms. The fourth-order valence-corrected chi connectivity index (χ4v) is 4.56. The van der Waals surface area contributed by atoms with Crippen LogP contribution < -0.4 is 5.32 Å². The SMILES string of the molecule is CCNC(=NCCN1CCc2ccccc2C1)N1CCC(C)C(n2ccnc2)C1. The summed E-state index contributed by atoms with van der Waals surface area (Å²) in [6.45, 7) is 11.5. The largest absolute Gasteiger partial charge is 0.357 e. The minimum atomic E-state index is 0.453. The third-order valence-corrected chi connectivity index (χ3v) is 6.35. The number of aliphatic imine (C=N–C) groups is 1. The number of aromatic nitrogens is 2. The molecule has 1 N–H and O–H groups in total. The first kappa shape index (κ1) is 20.0. The first-order valence-corrected chi connectivity index (χ1v) is 11.0. The van der Waals surface area contributed by atoms with Crippen LogP contribution in [0.3, 0.4) is 0 Å². The van der Waals surface area contributed by atoms with E-state index in [4.69, 9.17) is 4.99 Å². The topological polar surface area (TPSA) is 48.7 Å². The Balaban J connectivity index is 1.36. The molecule has 1 saturated heterocycles. The van der Waals surface area contributed by atoms with Gasteiger partial charge in [-0.25, -0.2) is 4.98 Å². The van der Waals surface area contributed by atoms with Gasteiger partial charge in [-0.3, -0.25) is 9.89 Å². The molecular formula is C23H34N6. The lowest BCUT2D eigenvalue weighted by Gasteiger charge is -2.39. The van der Waals surface area contributed by atoms with Crippen LogP contribution in [-0.2, 0) is 13.0 Å². The average molecular weight is 395 g/mol. The van der Waals surface area contributed by atoms with Crippen LogP contribution in [0.25, 0.3) is 0 Å². The van der Waals surface area contributed by atoms with Gasteiger partial charge < -0.3 is 14.8 Å². The summed E-state index contributed by atoms with van der Waals surface area (Å²) in [5.74, 6) is 1.71. The van der Waals surface area contributed by atoms with Crippen molar-refractivity contribution in [3.05, 3.63) is 54.1 Å². The van der Waals surface area contributed by atoms with E-state index in [9.17, 15) is 0 Å². The maximum Gasteiger partial charge on any atom is 0.194 e. The van der Waals surface area contributed by atoms with Crippen molar-refractivity contribution >= 4 is 5.96 Å². The number of rotatable bonds is 5. The first-order chi connectivity index (χ1) is 14.2. The molecule has 1 fully saturated rings. The number of benzene rings is 1. The Labute approximate surface area is 174 Å². The molecule has 0 spiro atoms. The molecule has 2 atom stereocenters. The number of imidazole rings is 1. The molecule has 0 saturated carbocycles. The van der Waals surface area contributed by atoms with Crippen molar-refractivity contribution in [2.24, 2.45) is 10.9 Å². The van der Waals surface area contributed by atoms with E-state index in [1.807, 2.05) is 12.5 Å². The van der Waals surface area contributed by atoms with Crippen molar-refractivity contribution in [2.75, 3.05) is 39.3 Å². The van der Waals surface area contributed by atoms with Crippen molar-refractivity contribution in [3.8, 4) is 0 Å². The summed E-state index contributed by atoms with van der Waals surface area (Å²) in [5.41, 5.74) is 2.98. The minimum absolute atomic E-state index is 0.453. The van der Waals surface area contributed by atoms with E-state index >= 15 is 0 Å². The summed E-state index contributed by atoms with van der Waals surface area (Å²) < 4.78 is 2.26. The Morgan fingerprint density at radius 2 is 2.10 bits per heavy atom. The monoisotopic (exact) mass is 394 g/mol. The number of hydrogen-bond acceptors (Lipinski definition) is 3. The Morgan fingerprint density at radius 1 is 1.24 bits per heavy atom. The van der Waals surface area contributed by atoms with Crippen LogP contribution >= 0.6 is 0 Å². The average Bonchev–Trinajstić information content (AvgIpc) is 3.28. The highest BCUT2D eigenvalue weighted by Gasteiger charge is 2.28. The minimum Gasteiger partial charge on any atom is -0.357 e. The molecule has 0 bridgehead atoms.